The third kappa shape index (κ3) is 4.67. The van der Waals surface area contributed by atoms with Crippen LogP contribution in [-0.4, -0.2) is 47.5 Å². The summed E-state index contributed by atoms with van der Waals surface area (Å²) in [6.07, 6.45) is 1.52. The van der Waals surface area contributed by atoms with Crippen LogP contribution in [0.4, 0.5) is 0 Å². The zero-order valence-corrected chi connectivity index (χ0v) is 18.9. The van der Waals surface area contributed by atoms with Crippen molar-refractivity contribution in [3.05, 3.63) is 53.0 Å². The standard InChI is InChI=1S/C22H25N7O4/c1-5-23-20(31)13-6-7-14(24-10-13)12-32-21-16(22(2,3)4)9-18-25-26-19(29(18)27-21)17-8-15(11-30)33-28-17/h6-10,30H,5,11-12H2,1-4H3,(H,23,31). The first-order valence-electron chi connectivity index (χ1n) is 10.5. The van der Waals surface area contributed by atoms with E-state index < -0.39 is 0 Å². The molecule has 0 aliphatic carbocycles. The lowest BCUT2D eigenvalue weighted by atomic mass is 9.88. The van der Waals surface area contributed by atoms with Crippen molar-refractivity contribution in [2.24, 2.45) is 0 Å². The van der Waals surface area contributed by atoms with E-state index in [1.165, 1.54) is 10.7 Å². The Morgan fingerprint density at radius 1 is 1.24 bits per heavy atom. The van der Waals surface area contributed by atoms with Gasteiger partial charge in [-0.1, -0.05) is 25.9 Å². The summed E-state index contributed by atoms with van der Waals surface area (Å²) in [6, 6.07) is 6.91. The van der Waals surface area contributed by atoms with Crippen molar-refractivity contribution >= 4 is 11.6 Å². The lowest BCUT2D eigenvalue weighted by Crippen LogP contribution is -2.22. The van der Waals surface area contributed by atoms with E-state index in [9.17, 15) is 9.90 Å². The van der Waals surface area contributed by atoms with Crippen LogP contribution in [0, 0.1) is 0 Å². The van der Waals surface area contributed by atoms with Gasteiger partial charge in [-0.15, -0.1) is 15.3 Å². The van der Waals surface area contributed by atoms with E-state index in [2.05, 4.69) is 51.5 Å². The number of nitrogens with one attached hydrogen (secondary N) is 1. The van der Waals surface area contributed by atoms with Gasteiger partial charge in [-0.2, -0.15) is 4.52 Å². The fraction of sp³-hybridized carbons (Fsp3) is 0.364. The van der Waals surface area contributed by atoms with E-state index in [0.717, 1.165) is 5.56 Å². The van der Waals surface area contributed by atoms with E-state index in [1.807, 2.05) is 13.0 Å². The number of amides is 1. The van der Waals surface area contributed by atoms with Crippen LogP contribution in [0.1, 0.15) is 55.1 Å². The van der Waals surface area contributed by atoms with Gasteiger partial charge in [0.1, 0.15) is 13.2 Å². The van der Waals surface area contributed by atoms with Crippen LogP contribution in [0.5, 0.6) is 5.88 Å². The second kappa shape index (κ2) is 8.94. The molecule has 0 unspecified atom stereocenters. The van der Waals surface area contributed by atoms with Crippen LogP contribution in [0.15, 0.2) is 35.0 Å². The Bertz CT molecular complexity index is 1270. The number of carbonyl (C=O) groups is 1. The molecule has 4 heterocycles. The summed E-state index contributed by atoms with van der Waals surface area (Å²) < 4.78 is 12.6. The molecule has 0 saturated heterocycles. The maximum Gasteiger partial charge on any atom is 0.252 e. The minimum Gasteiger partial charge on any atom is -0.470 e. The van der Waals surface area contributed by atoms with Crippen molar-refractivity contribution < 1.29 is 19.2 Å². The molecule has 0 spiro atoms. The number of ether oxygens (including phenoxy) is 1. The Labute approximate surface area is 189 Å². The van der Waals surface area contributed by atoms with E-state index in [1.54, 1.807) is 18.2 Å². The fourth-order valence-corrected chi connectivity index (χ4v) is 3.16. The van der Waals surface area contributed by atoms with Gasteiger partial charge < -0.3 is 19.7 Å². The molecule has 0 radical (unpaired) electrons. The van der Waals surface area contributed by atoms with Gasteiger partial charge in [-0.25, -0.2) is 0 Å². The monoisotopic (exact) mass is 451 g/mol. The van der Waals surface area contributed by atoms with Crippen molar-refractivity contribution in [3.63, 3.8) is 0 Å². The topological polar surface area (TPSA) is 141 Å². The number of carbonyl (C=O) groups excluding carboxylic acids is 1. The molecule has 33 heavy (non-hydrogen) atoms. The van der Waals surface area contributed by atoms with Crippen molar-refractivity contribution in [2.75, 3.05) is 6.54 Å². The predicted molar refractivity (Wildman–Crippen MR) is 117 cm³/mol. The molecule has 4 rings (SSSR count). The second-order valence-electron chi connectivity index (χ2n) is 8.43. The molecule has 0 aromatic carbocycles. The summed E-state index contributed by atoms with van der Waals surface area (Å²) in [5.41, 5.74) is 2.64. The smallest absolute Gasteiger partial charge is 0.252 e. The summed E-state index contributed by atoms with van der Waals surface area (Å²) in [5.74, 6) is 0.906. The Balaban J connectivity index is 1.65. The SMILES string of the molecule is CCNC(=O)c1ccc(COc2nn3c(-c4cc(CO)on4)nnc3cc2C(C)(C)C)nc1. The van der Waals surface area contributed by atoms with Crippen LogP contribution in [-0.2, 0) is 18.6 Å². The molecule has 1 amide bonds. The summed E-state index contributed by atoms with van der Waals surface area (Å²) in [5, 5.41) is 28.9. The van der Waals surface area contributed by atoms with Crippen LogP contribution >= 0.6 is 0 Å². The summed E-state index contributed by atoms with van der Waals surface area (Å²) in [7, 11) is 0. The Morgan fingerprint density at radius 3 is 2.70 bits per heavy atom. The maximum atomic E-state index is 11.9. The highest BCUT2D eigenvalue weighted by Crippen LogP contribution is 2.32. The minimum atomic E-state index is -0.274. The molecule has 0 atom stereocenters. The quantitative estimate of drug-likeness (QED) is 0.433. The van der Waals surface area contributed by atoms with Gasteiger partial charge in [0.15, 0.2) is 17.1 Å². The van der Waals surface area contributed by atoms with E-state index in [4.69, 9.17) is 9.26 Å². The molecule has 0 bridgehead atoms. The normalized spacial score (nSPS) is 11.7. The fourth-order valence-electron chi connectivity index (χ4n) is 3.16. The van der Waals surface area contributed by atoms with Crippen LogP contribution in [0.25, 0.3) is 17.2 Å². The van der Waals surface area contributed by atoms with E-state index >= 15 is 0 Å². The van der Waals surface area contributed by atoms with Gasteiger partial charge in [0, 0.05) is 24.4 Å². The first kappa shape index (κ1) is 22.3. The summed E-state index contributed by atoms with van der Waals surface area (Å²) in [4.78, 5) is 16.3. The van der Waals surface area contributed by atoms with Gasteiger partial charge in [0.2, 0.25) is 11.7 Å². The number of aromatic nitrogens is 6. The highest BCUT2D eigenvalue weighted by atomic mass is 16.5. The largest absolute Gasteiger partial charge is 0.470 e. The number of rotatable bonds is 7. The Morgan fingerprint density at radius 2 is 2.06 bits per heavy atom. The first-order valence-corrected chi connectivity index (χ1v) is 10.5. The number of hydrogen-bond donors (Lipinski definition) is 2. The molecule has 11 heteroatoms. The maximum absolute atomic E-state index is 11.9. The summed E-state index contributed by atoms with van der Waals surface area (Å²) in [6.45, 7) is 8.45. The Hall–Kier alpha value is -3.86. The average Bonchev–Trinajstić information content (AvgIpc) is 3.43. The molecule has 172 valence electrons. The lowest BCUT2D eigenvalue weighted by molar-refractivity contribution is 0.0955. The van der Waals surface area contributed by atoms with Gasteiger partial charge in [-0.3, -0.25) is 9.78 Å². The highest BCUT2D eigenvalue weighted by molar-refractivity contribution is 5.93. The number of aliphatic hydroxyl groups excluding tert-OH is 1. The molecule has 0 aliphatic heterocycles. The van der Waals surface area contributed by atoms with Gasteiger partial charge in [0.05, 0.1) is 11.3 Å². The molecule has 2 N–H and O–H groups in total. The predicted octanol–water partition coefficient (Wildman–Crippen LogP) is 2.29. The second-order valence-corrected chi connectivity index (χ2v) is 8.43. The van der Waals surface area contributed by atoms with E-state index in [0.29, 0.717) is 46.6 Å². The van der Waals surface area contributed by atoms with Crippen molar-refractivity contribution in [2.45, 2.75) is 46.3 Å². The van der Waals surface area contributed by atoms with Crippen molar-refractivity contribution in [3.8, 4) is 17.4 Å². The molecule has 0 saturated carbocycles. The first-order chi connectivity index (χ1) is 15.8. The number of fused-ring (bicyclic) bond motifs is 1. The highest BCUT2D eigenvalue weighted by Gasteiger charge is 2.24. The summed E-state index contributed by atoms with van der Waals surface area (Å²) >= 11 is 0. The number of aliphatic hydroxyl groups is 1. The molecule has 4 aromatic rings. The molecular weight excluding hydrogens is 426 g/mol. The van der Waals surface area contributed by atoms with Gasteiger partial charge >= 0.3 is 0 Å². The number of nitrogens with zero attached hydrogens (tertiary/aromatic N) is 6. The average molecular weight is 451 g/mol. The van der Waals surface area contributed by atoms with Gasteiger partial charge in [-0.05, 0) is 30.5 Å². The number of pyridine rings is 1. The molecule has 0 aliphatic rings. The van der Waals surface area contributed by atoms with Crippen molar-refractivity contribution in [1.29, 1.82) is 0 Å². The molecular formula is C22H25N7O4. The van der Waals surface area contributed by atoms with Crippen molar-refractivity contribution in [1.82, 2.24) is 35.3 Å². The molecule has 11 nitrogen and oxygen atoms in total. The van der Waals surface area contributed by atoms with Crippen LogP contribution in [0.3, 0.4) is 0 Å². The third-order valence-electron chi connectivity index (χ3n) is 4.89. The zero-order chi connectivity index (χ0) is 23.6. The van der Waals surface area contributed by atoms with Crippen LogP contribution < -0.4 is 10.1 Å². The number of hydrogen-bond acceptors (Lipinski definition) is 9. The zero-order valence-electron chi connectivity index (χ0n) is 18.9. The molecule has 4 aromatic heterocycles. The third-order valence-corrected chi connectivity index (χ3v) is 4.89. The lowest BCUT2D eigenvalue weighted by Gasteiger charge is -2.21. The van der Waals surface area contributed by atoms with Crippen LogP contribution in [0.2, 0.25) is 0 Å². The van der Waals surface area contributed by atoms with Gasteiger partial charge in [0.25, 0.3) is 5.91 Å². The molecule has 0 fully saturated rings. The van der Waals surface area contributed by atoms with E-state index in [-0.39, 0.29) is 24.5 Å². The Kier molecular flexibility index (Phi) is 6.05. The minimum absolute atomic E-state index is 0.160.